The zero-order valence-electron chi connectivity index (χ0n) is 14.9. The molecular weight excluding hydrogens is 402 g/mol. The average Bonchev–Trinajstić information content (AvgIpc) is 3.20. The van der Waals surface area contributed by atoms with E-state index in [1.54, 1.807) is 18.2 Å². The number of nitrogens with zero attached hydrogens (tertiary/aromatic N) is 1. The number of primary sulfonamides is 1. The van der Waals surface area contributed by atoms with Crippen molar-refractivity contribution in [1.29, 1.82) is 0 Å². The molecule has 0 aliphatic heterocycles. The number of halogens is 1. The predicted molar refractivity (Wildman–Crippen MR) is 106 cm³/mol. The Morgan fingerprint density at radius 3 is 2.54 bits per heavy atom. The monoisotopic (exact) mass is 419 g/mol. The number of hydrogen-bond donors (Lipinski definition) is 2. The van der Waals surface area contributed by atoms with Gasteiger partial charge in [0.2, 0.25) is 10.0 Å². The molecule has 0 unspecified atom stereocenters. The maximum atomic E-state index is 12.6. The lowest BCUT2D eigenvalue weighted by Gasteiger charge is -2.14. The Balaban J connectivity index is 1.82. The van der Waals surface area contributed by atoms with Crippen molar-refractivity contribution in [2.24, 2.45) is 5.14 Å². The van der Waals surface area contributed by atoms with Crippen LogP contribution in [0.5, 0.6) is 5.75 Å². The summed E-state index contributed by atoms with van der Waals surface area (Å²) in [6, 6.07) is 13.0. The van der Waals surface area contributed by atoms with Gasteiger partial charge in [0.25, 0.3) is 5.91 Å². The number of nitrogens with one attached hydrogen (secondary N) is 1. The van der Waals surface area contributed by atoms with Crippen molar-refractivity contribution in [1.82, 2.24) is 9.88 Å². The molecule has 0 atom stereocenters. The number of carbonyl (C=O) groups excluding carboxylic acids is 1. The van der Waals surface area contributed by atoms with E-state index in [1.165, 1.54) is 25.3 Å². The highest BCUT2D eigenvalue weighted by atomic mass is 35.5. The molecule has 0 radical (unpaired) electrons. The number of benzene rings is 2. The molecule has 1 amide bonds. The smallest absolute Gasteiger partial charge is 0.255 e. The van der Waals surface area contributed by atoms with Gasteiger partial charge in [-0.2, -0.15) is 0 Å². The van der Waals surface area contributed by atoms with Crippen LogP contribution in [0.3, 0.4) is 0 Å². The van der Waals surface area contributed by atoms with Crippen LogP contribution >= 0.6 is 11.6 Å². The third-order valence-electron chi connectivity index (χ3n) is 4.08. The van der Waals surface area contributed by atoms with Gasteiger partial charge in [-0.15, -0.1) is 0 Å². The summed E-state index contributed by atoms with van der Waals surface area (Å²) in [7, 11) is -2.34. The molecule has 0 aliphatic carbocycles. The Morgan fingerprint density at radius 1 is 1.18 bits per heavy atom. The van der Waals surface area contributed by atoms with Gasteiger partial charge in [0, 0.05) is 25.0 Å². The van der Waals surface area contributed by atoms with Gasteiger partial charge in [-0.3, -0.25) is 4.79 Å². The van der Waals surface area contributed by atoms with Crippen LogP contribution in [0.15, 0.2) is 65.8 Å². The van der Waals surface area contributed by atoms with Crippen LogP contribution < -0.4 is 15.2 Å². The average molecular weight is 420 g/mol. The van der Waals surface area contributed by atoms with Gasteiger partial charge in [0.15, 0.2) is 0 Å². The van der Waals surface area contributed by atoms with E-state index in [0.29, 0.717) is 22.0 Å². The normalized spacial score (nSPS) is 11.2. The lowest BCUT2D eigenvalue weighted by molar-refractivity contribution is 0.0948. The first kappa shape index (κ1) is 19.9. The van der Waals surface area contributed by atoms with Crippen LogP contribution in [0.1, 0.15) is 15.9 Å². The standard InChI is InChI=1S/C19H18ClN3O4S/c1-27-18-11-17(23-7-2-3-8-23)16(20)10-15(18)19(24)22-12-13-5-4-6-14(9-13)28(21,25)26/h2-11H,12H2,1H3,(H,22,24)(H2,21,25,26). The van der Waals surface area contributed by atoms with Crippen LogP contribution in [-0.4, -0.2) is 26.0 Å². The second-order valence-corrected chi connectivity index (χ2v) is 7.94. The van der Waals surface area contributed by atoms with Gasteiger partial charge >= 0.3 is 0 Å². The Labute approximate surface area is 167 Å². The first-order chi connectivity index (χ1) is 13.3. The molecule has 2 aromatic carbocycles. The largest absolute Gasteiger partial charge is 0.496 e. The number of hydrogen-bond acceptors (Lipinski definition) is 4. The topological polar surface area (TPSA) is 103 Å². The molecule has 0 saturated heterocycles. The summed E-state index contributed by atoms with van der Waals surface area (Å²) >= 11 is 6.35. The van der Waals surface area contributed by atoms with E-state index in [2.05, 4.69) is 5.32 Å². The van der Waals surface area contributed by atoms with Gasteiger partial charge in [-0.05, 0) is 35.9 Å². The molecule has 0 aliphatic rings. The van der Waals surface area contributed by atoms with Crippen molar-refractivity contribution < 1.29 is 17.9 Å². The fourth-order valence-electron chi connectivity index (χ4n) is 2.69. The molecule has 1 heterocycles. The minimum atomic E-state index is -3.81. The Morgan fingerprint density at radius 2 is 1.89 bits per heavy atom. The number of nitrogens with two attached hydrogens (primary N) is 1. The summed E-state index contributed by atoms with van der Waals surface area (Å²) in [5.41, 5.74) is 1.54. The van der Waals surface area contributed by atoms with Gasteiger partial charge in [0.1, 0.15) is 5.75 Å². The summed E-state index contributed by atoms with van der Waals surface area (Å²) in [5, 5.41) is 8.25. The fraction of sp³-hybridized carbons (Fsp3) is 0.105. The first-order valence-electron chi connectivity index (χ1n) is 8.20. The molecule has 1 aromatic heterocycles. The quantitative estimate of drug-likeness (QED) is 0.641. The van der Waals surface area contributed by atoms with Crippen molar-refractivity contribution in [3.63, 3.8) is 0 Å². The lowest BCUT2D eigenvalue weighted by Crippen LogP contribution is -2.24. The van der Waals surface area contributed by atoms with Crippen LogP contribution in [0.2, 0.25) is 5.02 Å². The summed E-state index contributed by atoms with van der Waals surface area (Å²) < 4.78 is 30.1. The molecule has 0 fully saturated rings. The maximum Gasteiger partial charge on any atom is 0.255 e. The van der Waals surface area contributed by atoms with E-state index in [-0.39, 0.29) is 17.0 Å². The highest BCUT2D eigenvalue weighted by Gasteiger charge is 2.17. The van der Waals surface area contributed by atoms with Gasteiger partial charge in [-0.1, -0.05) is 23.7 Å². The van der Waals surface area contributed by atoms with Crippen LogP contribution in [-0.2, 0) is 16.6 Å². The van der Waals surface area contributed by atoms with Crippen molar-refractivity contribution in [2.75, 3.05) is 7.11 Å². The molecule has 3 aromatic rings. The van der Waals surface area contributed by atoms with Crippen molar-refractivity contribution >= 4 is 27.5 Å². The zero-order valence-corrected chi connectivity index (χ0v) is 16.5. The number of rotatable bonds is 6. The number of ether oxygens (including phenoxy) is 1. The Bertz CT molecular complexity index is 1110. The summed E-state index contributed by atoms with van der Waals surface area (Å²) in [4.78, 5) is 12.6. The number of carbonyl (C=O) groups is 1. The van der Waals surface area contributed by atoms with Crippen molar-refractivity contribution in [3.8, 4) is 11.4 Å². The predicted octanol–water partition coefficient (Wildman–Crippen LogP) is 2.72. The number of methoxy groups -OCH3 is 1. The lowest BCUT2D eigenvalue weighted by atomic mass is 10.1. The number of aromatic nitrogens is 1. The Hall–Kier alpha value is -2.81. The molecule has 3 rings (SSSR count). The number of sulfonamides is 1. The third-order valence-corrected chi connectivity index (χ3v) is 5.29. The summed E-state index contributed by atoms with van der Waals surface area (Å²) in [6.45, 7) is 0.113. The van der Waals surface area contributed by atoms with Crippen molar-refractivity contribution in [3.05, 3.63) is 77.1 Å². The van der Waals surface area contributed by atoms with E-state index in [1.807, 2.05) is 29.1 Å². The van der Waals surface area contributed by atoms with E-state index < -0.39 is 15.9 Å². The van der Waals surface area contributed by atoms with Crippen LogP contribution in [0, 0.1) is 0 Å². The third kappa shape index (κ3) is 4.36. The Kier molecular flexibility index (Phi) is 5.73. The maximum absolute atomic E-state index is 12.6. The molecule has 7 nitrogen and oxygen atoms in total. The summed E-state index contributed by atoms with van der Waals surface area (Å²) in [6.07, 6.45) is 3.66. The van der Waals surface area contributed by atoms with Gasteiger partial charge in [0.05, 0.1) is 28.3 Å². The fourth-order valence-corrected chi connectivity index (χ4v) is 3.54. The van der Waals surface area contributed by atoms with E-state index in [0.717, 1.165) is 0 Å². The van der Waals surface area contributed by atoms with Crippen LogP contribution in [0.4, 0.5) is 0 Å². The van der Waals surface area contributed by atoms with Gasteiger partial charge in [-0.25, -0.2) is 13.6 Å². The molecule has 0 spiro atoms. The molecular formula is C19H18ClN3O4S. The molecule has 28 heavy (non-hydrogen) atoms. The SMILES string of the molecule is COc1cc(-n2cccc2)c(Cl)cc1C(=O)NCc1cccc(S(N)(=O)=O)c1. The first-order valence-corrected chi connectivity index (χ1v) is 10.1. The summed E-state index contributed by atoms with van der Waals surface area (Å²) in [5.74, 6) is -0.0392. The molecule has 0 bridgehead atoms. The molecule has 146 valence electrons. The minimum Gasteiger partial charge on any atom is -0.496 e. The van der Waals surface area contributed by atoms with Gasteiger partial charge < -0.3 is 14.6 Å². The number of amides is 1. The van der Waals surface area contributed by atoms with Crippen molar-refractivity contribution in [2.45, 2.75) is 11.4 Å². The van der Waals surface area contributed by atoms with Crippen LogP contribution in [0.25, 0.3) is 5.69 Å². The van der Waals surface area contributed by atoms with E-state index in [9.17, 15) is 13.2 Å². The van der Waals surface area contributed by atoms with E-state index in [4.69, 9.17) is 21.5 Å². The second-order valence-electron chi connectivity index (χ2n) is 5.97. The molecule has 9 heteroatoms. The van der Waals surface area contributed by atoms with E-state index >= 15 is 0 Å². The second kappa shape index (κ2) is 8.05. The highest BCUT2D eigenvalue weighted by molar-refractivity contribution is 7.89. The highest BCUT2D eigenvalue weighted by Crippen LogP contribution is 2.30. The molecule has 3 N–H and O–H groups in total. The molecule has 0 saturated carbocycles. The zero-order chi connectivity index (χ0) is 20.3. The minimum absolute atomic E-state index is 0.0176.